The van der Waals surface area contributed by atoms with Crippen LogP contribution < -0.4 is 10.2 Å². The normalized spacial score (nSPS) is 26.9. The van der Waals surface area contributed by atoms with Crippen molar-refractivity contribution in [1.29, 1.82) is 0 Å². The van der Waals surface area contributed by atoms with Gasteiger partial charge in [-0.25, -0.2) is 0 Å². The molecule has 0 bridgehead atoms. The average Bonchev–Trinajstić information content (AvgIpc) is 2.86. The van der Waals surface area contributed by atoms with Gasteiger partial charge in [0.1, 0.15) is 0 Å². The molecule has 2 heteroatoms. The number of hydrogen-bond donors (Lipinski definition) is 1. The minimum absolute atomic E-state index is 0.624. The Morgan fingerprint density at radius 2 is 2.22 bits per heavy atom. The Bertz CT molecular complexity index is 427. The molecular weight excluding hydrogens is 220 g/mol. The number of aryl methyl sites for hydroxylation is 1. The molecule has 2 unspecified atom stereocenters. The van der Waals surface area contributed by atoms with Gasteiger partial charge in [-0.1, -0.05) is 6.92 Å². The first-order valence-electron chi connectivity index (χ1n) is 7.44. The summed E-state index contributed by atoms with van der Waals surface area (Å²) >= 11 is 0. The van der Waals surface area contributed by atoms with E-state index in [0.29, 0.717) is 6.04 Å². The number of fused-ring (bicyclic) bond motifs is 1. The molecule has 2 aliphatic rings. The van der Waals surface area contributed by atoms with E-state index in [9.17, 15) is 0 Å². The van der Waals surface area contributed by atoms with Gasteiger partial charge in [-0.05, 0) is 62.8 Å². The minimum Gasteiger partial charge on any atom is -0.382 e. The van der Waals surface area contributed by atoms with E-state index in [-0.39, 0.29) is 0 Å². The Morgan fingerprint density at radius 1 is 1.33 bits per heavy atom. The first kappa shape index (κ1) is 11.9. The highest BCUT2D eigenvalue weighted by atomic mass is 15.2. The molecule has 1 N–H and O–H groups in total. The Labute approximate surface area is 110 Å². The van der Waals surface area contributed by atoms with E-state index < -0.39 is 0 Å². The van der Waals surface area contributed by atoms with E-state index >= 15 is 0 Å². The van der Waals surface area contributed by atoms with E-state index in [4.69, 9.17) is 0 Å². The Hall–Kier alpha value is -1.18. The molecule has 2 atom stereocenters. The lowest BCUT2D eigenvalue weighted by atomic mass is 9.98. The molecule has 2 heterocycles. The monoisotopic (exact) mass is 244 g/mol. The molecule has 1 aromatic rings. The van der Waals surface area contributed by atoms with E-state index in [1.807, 2.05) is 0 Å². The molecular formula is C16H24N2. The third-order valence-electron chi connectivity index (χ3n) is 4.52. The van der Waals surface area contributed by atoms with Crippen molar-refractivity contribution in [2.75, 3.05) is 16.8 Å². The van der Waals surface area contributed by atoms with Crippen LogP contribution in [0.15, 0.2) is 18.2 Å². The van der Waals surface area contributed by atoms with Gasteiger partial charge in [-0.3, -0.25) is 0 Å². The smallest absolute Gasteiger partial charge is 0.0376 e. The van der Waals surface area contributed by atoms with Crippen LogP contribution in [0.25, 0.3) is 0 Å². The molecule has 2 aliphatic heterocycles. The van der Waals surface area contributed by atoms with Crippen LogP contribution in [0.4, 0.5) is 11.4 Å². The van der Waals surface area contributed by atoms with E-state index in [1.165, 1.54) is 55.6 Å². The summed E-state index contributed by atoms with van der Waals surface area (Å²) in [5.41, 5.74) is 4.30. The molecule has 1 saturated heterocycles. The molecule has 0 aliphatic carbocycles. The summed E-state index contributed by atoms with van der Waals surface area (Å²) in [5, 5.41) is 3.58. The highest BCUT2D eigenvalue weighted by molar-refractivity contribution is 5.62. The summed E-state index contributed by atoms with van der Waals surface area (Å²) in [7, 11) is 0. The lowest BCUT2D eigenvalue weighted by Gasteiger charge is -2.29. The zero-order chi connectivity index (χ0) is 12.5. The first-order chi connectivity index (χ1) is 8.78. The Morgan fingerprint density at radius 3 is 3.06 bits per heavy atom. The summed E-state index contributed by atoms with van der Waals surface area (Å²) in [6.45, 7) is 5.82. The van der Waals surface area contributed by atoms with Crippen LogP contribution in [-0.2, 0) is 6.42 Å². The largest absolute Gasteiger partial charge is 0.382 e. The van der Waals surface area contributed by atoms with Crippen molar-refractivity contribution < 1.29 is 0 Å². The Kier molecular flexibility index (Phi) is 3.19. The average molecular weight is 244 g/mol. The second-order valence-electron chi connectivity index (χ2n) is 5.82. The number of anilines is 2. The standard InChI is InChI=1S/C16H24N2/c1-3-14-5-4-10-18(14)15-8-9-16-13(11-15)7-6-12(2)17-16/h8-9,11-12,14,17H,3-7,10H2,1-2H3. The lowest BCUT2D eigenvalue weighted by Crippen LogP contribution is -2.29. The summed E-state index contributed by atoms with van der Waals surface area (Å²) < 4.78 is 0. The summed E-state index contributed by atoms with van der Waals surface area (Å²) in [5.74, 6) is 0. The lowest BCUT2D eigenvalue weighted by molar-refractivity contribution is 0.644. The molecule has 3 rings (SSSR count). The molecule has 2 nitrogen and oxygen atoms in total. The van der Waals surface area contributed by atoms with Crippen molar-refractivity contribution in [2.24, 2.45) is 0 Å². The van der Waals surface area contributed by atoms with Gasteiger partial charge in [0.05, 0.1) is 0 Å². The molecule has 0 amide bonds. The first-order valence-corrected chi connectivity index (χ1v) is 7.44. The fourth-order valence-corrected chi connectivity index (χ4v) is 3.42. The summed E-state index contributed by atoms with van der Waals surface area (Å²) in [6.07, 6.45) is 6.47. The van der Waals surface area contributed by atoms with Gasteiger partial charge in [-0.15, -0.1) is 0 Å². The maximum absolute atomic E-state index is 3.58. The highest BCUT2D eigenvalue weighted by Crippen LogP contribution is 2.32. The second-order valence-corrected chi connectivity index (χ2v) is 5.82. The van der Waals surface area contributed by atoms with Gasteiger partial charge >= 0.3 is 0 Å². The SMILES string of the molecule is CCC1CCCN1c1ccc2c(c1)CCC(C)N2. The number of nitrogens with zero attached hydrogens (tertiary/aromatic N) is 1. The van der Waals surface area contributed by atoms with E-state index in [1.54, 1.807) is 0 Å². The fourth-order valence-electron chi connectivity index (χ4n) is 3.42. The molecule has 98 valence electrons. The summed E-state index contributed by atoms with van der Waals surface area (Å²) in [4.78, 5) is 2.61. The quantitative estimate of drug-likeness (QED) is 0.851. The maximum atomic E-state index is 3.58. The van der Waals surface area contributed by atoms with Crippen LogP contribution in [0.1, 0.15) is 45.1 Å². The Balaban J connectivity index is 1.86. The van der Waals surface area contributed by atoms with Gasteiger partial charge in [0, 0.05) is 30.0 Å². The van der Waals surface area contributed by atoms with Gasteiger partial charge in [0.15, 0.2) is 0 Å². The van der Waals surface area contributed by atoms with Gasteiger partial charge in [0.2, 0.25) is 0 Å². The van der Waals surface area contributed by atoms with Crippen molar-refractivity contribution in [2.45, 2.75) is 58.0 Å². The predicted octanol–water partition coefficient (Wildman–Crippen LogP) is 3.81. The van der Waals surface area contributed by atoms with Crippen LogP contribution in [-0.4, -0.2) is 18.6 Å². The molecule has 0 aromatic heterocycles. The van der Waals surface area contributed by atoms with Crippen molar-refractivity contribution in [3.63, 3.8) is 0 Å². The summed E-state index contributed by atoms with van der Waals surface area (Å²) in [6, 6.07) is 8.39. The molecule has 0 saturated carbocycles. The molecule has 0 spiro atoms. The topological polar surface area (TPSA) is 15.3 Å². The van der Waals surface area contributed by atoms with Crippen LogP contribution in [0.5, 0.6) is 0 Å². The second kappa shape index (κ2) is 4.83. The number of benzene rings is 1. The van der Waals surface area contributed by atoms with Crippen molar-refractivity contribution >= 4 is 11.4 Å². The van der Waals surface area contributed by atoms with Crippen LogP contribution in [0, 0.1) is 0 Å². The minimum atomic E-state index is 0.624. The number of rotatable bonds is 2. The van der Waals surface area contributed by atoms with Crippen LogP contribution in [0.2, 0.25) is 0 Å². The van der Waals surface area contributed by atoms with Gasteiger partial charge in [0.25, 0.3) is 0 Å². The van der Waals surface area contributed by atoms with Crippen LogP contribution in [0.3, 0.4) is 0 Å². The highest BCUT2D eigenvalue weighted by Gasteiger charge is 2.24. The number of hydrogen-bond acceptors (Lipinski definition) is 2. The maximum Gasteiger partial charge on any atom is 0.0376 e. The number of nitrogens with one attached hydrogen (secondary N) is 1. The molecule has 1 aromatic carbocycles. The van der Waals surface area contributed by atoms with Crippen molar-refractivity contribution in [1.82, 2.24) is 0 Å². The van der Waals surface area contributed by atoms with Gasteiger partial charge in [-0.2, -0.15) is 0 Å². The van der Waals surface area contributed by atoms with E-state index in [2.05, 4.69) is 42.3 Å². The molecule has 0 radical (unpaired) electrons. The third-order valence-corrected chi connectivity index (χ3v) is 4.52. The zero-order valence-electron chi connectivity index (χ0n) is 11.6. The van der Waals surface area contributed by atoms with Crippen LogP contribution >= 0.6 is 0 Å². The third kappa shape index (κ3) is 2.09. The van der Waals surface area contributed by atoms with E-state index in [0.717, 1.165) is 6.04 Å². The van der Waals surface area contributed by atoms with Gasteiger partial charge < -0.3 is 10.2 Å². The zero-order valence-corrected chi connectivity index (χ0v) is 11.6. The van der Waals surface area contributed by atoms with Crippen molar-refractivity contribution in [3.8, 4) is 0 Å². The fraction of sp³-hybridized carbons (Fsp3) is 0.625. The molecule has 18 heavy (non-hydrogen) atoms. The van der Waals surface area contributed by atoms with Crippen molar-refractivity contribution in [3.05, 3.63) is 23.8 Å². The molecule has 1 fully saturated rings. The predicted molar refractivity (Wildman–Crippen MR) is 78.5 cm³/mol.